The van der Waals surface area contributed by atoms with Crippen LogP contribution < -0.4 is 5.32 Å². The Hall–Kier alpha value is -0.930. The molecule has 0 aromatic carbocycles. The predicted molar refractivity (Wildman–Crippen MR) is 68.6 cm³/mol. The highest BCUT2D eigenvalue weighted by Crippen LogP contribution is 2.32. The molecular formula is C13H16N2S. The molecule has 0 amide bonds. The van der Waals surface area contributed by atoms with Crippen LogP contribution in [-0.4, -0.2) is 11.0 Å². The third-order valence-corrected chi connectivity index (χ3v) is 4.17. The predicted octanol–water partition coefficient (Wildman–Crippen LogP) is 3.18. The van der Waals surface area contributed by atoms with Gasteiger partial charge >= 0.3 is 0 Å². The first-order valence-electron chi connectivity index (χ1n) is 5.88. The lowest BCUT2D eigenvalue weighted by Gasteiger charge is -2.12. The summed E-state index contributed by atoms with van der Waals surface area (Å²) in [4.78, 5) is 4.45. The Morgan fingerprint density at radius 1 is 1.56 bits per heavy atom. The molecule has 1 aliphatic carbocycles. The van der Waals surface area contributed by atoms with Crippen molar-refractivity contribution in [3.63, 3.8) is 0 Å². The second-order valence-electron chi connectivity index (χ2n) is 4.65. The zero-order valence-corrected chi connectivity index (χ0v) is 10.3. The highest BCUT2D eigenvalue weighted by Gasteiger charge is 2.27. The molecule has 1 saturated carbocycles. The summed E-state index contributed by atoms with van der Waals surface area (Å²) in [6, 6.07) is 4.97. The van der Waals surface area contributed by atoms with E-state index >= 15 is 0 Å². The van der Waals surface area contributed by atoms with Gasteiger partial charge in [-0.2, -0.15) is 0 Å². The number of nitrogens with one attached hydrogen (secondary N) is 1. The summed E-state index contributed by atoms with van der Waals surface area (Å²) in [6.45, 7) is 3.23. The quantitative estimate of drug-likeness (QED) is 0.875. The van der Waals surface area contributed by atoms with Crippen LogP contribution in [0.5, 0.6) is 0 Å². The van der Waals surface area contributed by atoms with Crippen molar-refractivity contribution in [1.29, 1.82) is 0 Å². The van der Waals surface area contributed by atoms with Gasteiger partial charge in [0, 0.05) is 18.8 Å². The van der Waals surface area contributed by atoms with E-state index in [1.54, 1.807) is 11.3 Å². The minimum Gasteiger partial charge on any atom is -0.310 e. The minimum atomic E-state index is 0.652. The summed E-state index contributed by atoms with van der Waals surface area (Å²) in [5.74, 6) is 0.915. The van der Waals surface area contributed by atoms with E-state index in [2.05, 4.69) is 34.7 Å². The molecule has 1 fully saturated rings. The Labute approximate surface area is 99.7 Å². The molecule has 0 spiro atoms. The maximum Gasteiger partial charge on any atom is 0.0809 e. The lowest BCUT2D eigenvalue weighted by Crippen LogP contribution is -2.27. The van der Waals surface area contributed by atoms with Gasteiger partial charge in [0.15, 0.2) is 0 Å². The molecule has 3 rings (SSSR count). The van der Waals surface area contributed by atoms with E-state index in [0.717, 1.165) is 18.0 Å². The van der Waals surface area contributed by atoms with E-state index in [9.17, 15) is 0 Å². The second kappa shape index (κ2) is 4.15. The van der Waals surface area contributed by atoms with Crippen molar-refractivity contribution in [2.45, 2.75) is 32.4 Å². The lowest BCUT2D eigenvalue weighted by atomic mass is 10.2. The first-order chi connectivity index (χ1) is 7.83. The van der Waals surface area contributed by atoms with Crippen LogP contribution in [0.2, 0.25) is 0 Å². The highest BCUT2D eigenvalue weighted by atomic mass is 32.1. The summed E-state index contributed by atoms with van der Waals surface area (Å²) in [7, 11) is 0. The highest BCUT2D eigenvalue weighted by molar-refractivity contribution is 7.17. The van der Waals surface area contributed by atoms with Crippen LogP contribution in [0.1, 0.15) is 25.3 Å². The van der Waals surface area contributed by atoms with Gasteiger partial charge in [-0.1, -0.05) is 0 Å². The van der Waals surface area contributed by atoms with Crippen molar-refractivity contribution in [3.8, 4) is 0 Å². The molecule has 3 heteroatoms. The Morgan fingerprint density at radius 3 is 3.25 bits per heavy atom. The van der Waals surface area contributed by atoms with E-state index in [4.69, 9.17) is 0 Å². The Balaban J connectivity index is 1.68. The zero-order valence-electron chi connectivity index (χ0n) is 9.44. The summed E-state index contributed by atoms with van der Waals surface area (Å²) in [5.41, 5.74) is 2.41. The van der Waals surface area contributed by atoms with Gasteiger partial charge in [0.1, 0.15) is 0 Å². The molecule has 1 N–H and O–H groups in total. The molecule has 16 heavy (non-hydrogen) atoms. The summed E-state index contributed by atoms with van der Waals surface area (Å²) in [6.07, 6.45) is 4.79. The molecule has 2 aromatic rings. The van der Waals surface area contributed by atoms with Crippen LogP contribution >= 0.6 is 11.3 Å². The Bertz CT molecular complexity index is 487. The molecular weight excluding hydrogens is 216 g/mol. The van der Waals surface area contributed by atoms with Gasteiger partial charge in [-0.3, -0.25) is 4.98 Å². The van der Waals surface area contributed by atoms with Crippen molar-refractivity contribution in [3.05, 3.63) is 29.3 Å². The molecule has 1 atom stereocenters. The Morgan fingerprint density at radius 2 is 2.44 bits per heavy atom. The Kier molecular flexibility index (Phi) is 2.65. The lowest BCUT2D eigenvalue weighted by molar-refractivity contribution is 0.496. The topological polar surface area (TPSA) is 24.9 Å². The average Bonchev–Trinajstić information content (AvgIpc) is 3.04. The number of aromatic nitrogens is 1. The fraction of sp³-hybridized carbons (Fsp3) is 0.462. The van der Waals surface area contributed by atoms with Gasteiger partial charge in [0.2, 0.25) is 0 Å². The van der Waals surface area contributed by atoms with Gasteiger partial charge in [-0.25, -0.2) is 0 Å². The third kappa shape index (κ3) is 2.11. The molecule has 2 nitrogen and oxygen atoms in total. The molecule has 0 radical (unpaired) electrons. The van der Waals surface area contributed by atoms with E-state index in [1.165, 1.54) is 23.1 Å². The molecule has 0 bridgehead atoms. The SMILES string of the molecule is CC(NCc1cnc2ccsc2c1)C1CC1. The van der Waals surface area contributed by atoms with Crippen molar-refractivity contribution >= 4 is 21.6 Å². The van der Waals surface area contributed by atoms with Crippen molar-refractivity contribution in [2.75, 3.05) is 0 Å². The third-order valence-electron chi connectivity index (χ3n) is 3.32. The van der Waals surface area contributed by atoms with Crippen LogP contribution in [0.3, 0.4) is 0 Å². The number of thiophene rings is 1. The van der Waals surface area contributed by atoms with Gasteiger partial charge in [0.05, 0.1) is 10.2 Å². The van der Waals surface area contributed by atoms with Gasteiger partial charge < -0.3 is 5.32 Å². The van der Waals surface area contributed by atoms with Crippen molar-refractivity contribution in [2.24, 2.45) is 5.92 Å². The first kappa shape index (κ1) is 10.2. The number of hydrogen-bond acceptors (Lipinski definition) is 3. The summed E-state index contributed by atoms with van der Waals surface area (Å²) < 4.78 is 1.29. The zero-order chi connectivity index (χ0) is 11.0. The molecule has 0 aliphatic heterocycles. The monoisotopic (exact) mass is 232 g/mol. The number of nitrogens with zero attached hydrogens (tertiary/aromatic N) is 1. The van der Waals surface area contributed by atoms with E-state index in [0.29, 0.717) is 6.04 Å². The first-order valence-corrected chi connectivity index (χ1v) is 6.76. The van der Waals surface area contributed by atoms with Crippen molar-refractivity contribution < 1.29 is 0 Å². The molecule has 2 aromatic heterocycles. The van der Waals surface area contributed by atoms with Crippen molar-refractivity contribution in [1.82, 2.24) is 10.3 Å². The van der Waals surface area contributed by atoms with Crippen LogP contribution in [-0.2, 0) is 6.54 Å². The number of pyridine rings is 1. The second-order valence-corrected chi connectivity index (χ2v) is 5.60. The standard InChI is InChI=1S/C13H16N2S/c1-9(11-2-3-11)14-7-10-6-13-12(15-8-10)4-5-16-13/h4-6,8-9,11,14H,2-3,7H2,1H3. The smallest absolute Gasteiger partial charge is 0.0809 e. The molecule has 1 aliphatic rings. The number of fused-ring (bicyclic) bond motifs is 1. The molecule has 2 heterocycles. The maximum absolute atomic E-state index is 4.45. The van der Waals surface area contributed by atoms with Gasteiger partial charge in [-0.15, -0.1) is 11.3 Å². The molecule has 1 unspecified atom stereocenters. The van der Waals surface area contributed by atoms with Crippen LogP contribution in [0.25, 0.3) is 10.2 Å². The van der Waals surface area contributed by atoms with Crippen LogP contribution in [0.15, 0.2) is 23.7 Å². The fourth-order valence-corrected chi connectivity index (χ4v) is 2.83. The average molecular weight is 232 g/mol. The fourth-order valence-electron chi connectivity index (χ4n) is 2.03. The van der Waals surface area contributed by atoms with E-state index < -0.39 is 0 Å². The summed E-state index contributed by atoms with van der Waals surface area (Å²) in [5, 5.41) is 5.68. The molecule has 84 valence electrons. The summed E-state index contributed by atoms with van der Waals surface area (Å²) >= 11 is 1.76. The number of hydrogen-bond donors (Lipinski definition) is 1. The van der Waals surface area contributed by atoms with E-state index in [-0.39, 0.29) is 0 Å². The van der Waals surface area contributed by atoms with E-state index in [1.807, 2.05) is 6.20 Å². The minimum absolute atomic E-state index is 0.652. The maximum atomic E-state index is 4.45. The van der Waals surface area contributed by atoms with Crippen LogP contribution in [0.4, 0.5) is 0 Å². The van der Waals surface area contributed by atoms with Gasteiger partial charge in [-0.05, 0) is 48.8 Å². The largest absolute Gasteiger partial charge is 0.310 e. The molecule has 0 saturated heterocycles. The van der Waals surface area contributed by atoms with Crippen LogP contribution in [0, 0.1) is 5.92 Å². The van der Waals surface area contributed by atoms with Gasteiger partial charge in [0.25, 0.3) is 0 Å². The normalized spacial score (nSPS) is 17.8. The number of rotatable bonds is 4.